The summed E-state index contributed by atoms with van der Waals surface area (Å²) in [7, 11) is 0. The highest BCUT2D eigenvalue weighted by Gasteiger charge is 2.12. The van der Waals surface area contributed by atoms with Gasteiger partial charge < -0.3 is 15.6 Å². The average molecular weight is 236 g/mol. The Bertz CT molecular complexity index is 503. The molecule has 0 bridgehead atoms. The van der Waals surface area contributed by atoms with Crippen LogP contribution in [0.3, 0.4) is 0 Å². The van der Waals surface area contributed by atoms with Gasteiger partial charge in [0.25, 0.3) is 0 Å². The lowest BCUT2D eigenvalue weighted by molar-refractivity contribution is -0.00252. The van der Waals surface area contributed by atoms with Crippen molar-refractivity contribution in [1.82, 2.24) is 9.55 Å². The van der Waals surface area contributed by atoms with Gasteiger partial charge in [-0.05, 0) is 6.07 Å². The number of nitriles is 1. The number of aromatic nitrogens is 2. The zero-order chi connectivity index (χ0) is 12.8. The Morgan fingerprint density at radius 3 is 3.06 bits per heavy atom. The Morgan fingerprint density at radius 2 is 2.53 bits per heavy atom. The number of ether oxygens (including phenoxy) is 1. The largest absolute Gasteiger partial charge is 0.393 e. The molecule has 0 spiro atoms. The lowest BCUT2D eigenvalue weighted by Gasteiger charge is -2.14. The standard InChI is InChI=1S/C10H12N4O3/c1-7(4-11)8(5-15)17-6-14-3-2-9(12)13-10(14)16/h2-3,8,15H,1,5-6H2,(H2,12,13,16). The second-order valence-electron chi connectivity index (χ2n) is 3.21. The zero-order valence-electron chi connectivity index (χ0n) is 9.04. The summed E-state index contributed by atoms with van der Waals surface area (Å²) in [5.41, 5.74) is 4.84. The summed E-state index contributed by atoms with van der Waals surface area (Å²) in [6.45, 7) is 2.90. The van der Waals surface area contributed by atoms with E-state index in [0.717, 1.165) is 4.57 Å². The molecule has 0 fully saturated rings. The van der Waals surface area contributed by atoms with Crippen molar-refractivity contribution >= 4 is 5.82 Å². The average Bonchev–Trinajstić information content (AvgIpc) is 2.31. The van der Waals surface area contributed by atoms with Gasteiger partial charge in [-0.15, -0.1) is 0 Å². The number of anilines is 1. The van der Waals surface area contributed by atoms with Crippen molar-refractivity contribution in [3.8, 4) is 6.07 Å². The molecule has 1 heterocycles. The van der Waals surface area contributed by atoms with Crippen LogP contribution in [0, 0.1) is 11.3 Å². The topological polar surface area (TPSA) is 114 Å². The zero-order valence-corrected chi connectivity index (χ0v) is 9.04. The first-order chi connectivity index (χ1) is 8.08. The van der Waals surface area contributed by atoms with Crippen LogP contribution in [0.15, 0.2) is 29.2 Å². The van der Waals surface area contributed by atoms with Gasteiger partial charge in [-0.2, -0.15) is 10.2 Å². The van der Waals surface area contributed by atoms with E-state index in [4.69, 9.17) is 20.8 Å². The molecule has 0 aliphatic rings. The van der Waals surface area contributed by atoms with Gasteiger partial charge in [-0.3, -0.25) is 4.57 Å². The first kappa shape index (κ1) is 12.9. The maximum Gasteiger partial charge on any atom is 0.351 e. The summed E-state index contributed by atoms with van der Waals surface area (Å²) in [6, 6.07) is 3.22. The number of aliphatic hydroxyl groups is 1. The minimum atomic E-state index is -0.829. The lowest BCUT2D eigenvalue weighted by atomic mass is 10.2. The number of hydrogen-bond acceptors (Lipinski definition) is 6. The quantitative estimate of drug-likeness (QED) is 0.649. The van der Waals surface area contributed by atoms with E-state index in [1.165, 1.54) is 12.3 Å². The van der Waals surface area contributed by atoms with Crippen molar-refractivity contribution in [1.29, 1.82) is 5.26 Å². The summed E-state index contributed by atoms with van der Waals surface area (Å²) in [5, 5.41) is 17.5. The van der Waals surface area contributed by atoms with Crippen LogP contribution in [0.2, 0.25) is 0 Å². The predicted octanol–water partition coefficient (Wildman–Crippen LogP) is -0.760. The SMILES string of the molecule is C=C(C#N)C(CO)OCn1ccc(N)nc1=O. The van der Waals surface area contributed by atoms with Gasteiger partial charge in [-0.1, -0.05) is 6.58 Å². The number of nitrogens with zero attached hydrogens (tertiary/aromatic N) is 3. The number of hydrogen-bond donors (Lipinski definition) is 2. The second kappa shape index (κ2) is 5.79. The summed E-state index contributed by atoms with van der Waals surface area (Å²) in [5.74, 6) is 0.117. The number of rotatable bonds is 5. The molecule has 1 atom stereocenters. The van der Waals surface area contributed by atoms with E-state index in [1.807, 2.05) is 0 Å². The van der Waals surface area contributed by atoms with E-state index in [0.29, 0.717) is 0 Å². The smallest absolute Gasteiger partial charge is 0.351 e. The van der Waals surface area contributed by atoms with E-state index in [1.54, 1.807) is 6.07 Å². The fourth-order valence-corrected chi connectivity index (χ4v) is 1.05. The second-order valence-corrected chi connectivity index (χ2v) is 3.21. The van der Waals surface area contributed by atoms with Crippen molar-refractivity contribution in [2.45, 2.75) is 12.8 Å². The maximum absolute atomic E-state index is 11.3. The van der Waals surface area contributed by atoms with Gasteiger partial charge in [0.05, 0.1) is 18.2 Å². The summed E-state index contributed by atoms with van der Waals surface area (Å²) in [6.07, 6.45) is 0.582. The summed E-state index contributed by atoms with van der Waals surface area (Å²) >= 11 is 0. The number of nitrogens with two attached hydrogens (primary N) is 1. The molecule has 7 nitrogen and oxygen atoms in total. The third kappa shape index (κ3) is 3.41. The van der Waals surface area contributed by atoms with E-state index >= 15 is 0 Å². The summed E-state index contributed by atoms with van der Waals surface area (Å²) < 4.78 is 6.32. The minimum absolute atomic E-state index is 0.0870. The third-order valence-corrected chi connectivity index (χ3v) is 2.01. The molecule has 1 rings (SSSR count). The highest BCUT2D eigenvalue weighted by molar-refractivity contribution is 5.23. The van der Waals surface area contributed by atoms with Gasteiger partial charge in [-0.25, -0.2) is 4.79 Å². The normalized spacial score (nSPS) is 11.8. The van der Waals surface area contributed by atoms with Gasteiger partial charge in [0.15, 0.2) is 0 Å². The molecule has 0 saturated carbocycles. The van der Waals surface area contributed by atoms with Gasteiger partial charge in [0.2, 0.25) is 0 Å². The molecule has 1 unspecified atom stereocenters. The Morgan fingerprint density at radius 1 is 1.82 bits per heavy atom. The van der Waals surface area contributed by atoms with E-state index in [2.05, 4.69) is 11.6 Å². The third-order valence-electron chi connectivity index (χ3n) is 2.01. The highest BCUT2D eigenvalue weighted by Crippen LogP contribution is 2.03. The first-order valence-electron chi connectivity index (χ1n) is 4.72. The van der Waals surface area contributed by atoms with Crippen molar-refractivity contribution in [3.05, 3.63) is 34.9 Å². The molecule has 17 heavy (non-hydrogen) atoms. The molecule has 7 heteroatoms. The van der Waals surface area contributed by atoms with Crippen molar-refractivity contribution in [2.24, 2.45) is 0 Å². The first-order valence-corrected chi connectivity index (χ1v) is 4.72. The molecule has 0 saturated heterocycles. The minimum Gasteiger partial charge on any atom is -0.393 e. The van der Waals surface area contributed by atoms with Crippen LogP contribution in [-0.4, -0.2) is 27.4 Å². The molecule has 0 aliphatic carbocycles. The van der Waals surface area contributed by atoms with Crippen molar-refractivity contribution in [3.63, 3.8) is 0 Å². The van der Waals surface area contributed by atoms with Crippen molar-refractivity contribution < 1.29 is 9.84 Å². The molecule has 0 aromatic carbocycles. The fraction of sp³-hybridized carbons (Fsp3) is 0.300. The Balaban J connectivity index is 2.70. The molecular formula is C10H12N4O3. The van der Waals surface area contributed by atoms with Crippen LogP contribution < -0.4 is 11.4 Å². The Kier molecular flexibility index (Phi) is 4.39. The highest BCUT2D eigenvalue weighted by atomic mass is 16.5. The van der Waals surface area contributed by atoms with Crippen LogP contribution in [-0.2, 0) is 11.5 Å². The van der Waals surface area contributed by atoms with Crippen molar-refractivity contribution in [2.75, 3.05) is 12.3 Å². The van der Waals surface area contributed by atoms with E-state index in [9.17, 15) is 4.79 Å². The predicted molar refractivity (Wildman–Crippen MR) is 59.6 cm³/mol. The van der Waals surface area contributed by atoms with Crippen LogP contribution in [0.25, 0.3) is 0 Å². The molecule has 1 aromatic rings. The van der Waals surface area contributed by atoms with Crippen LogP contribution in [0.4, 0.5) is 5.82 Å². The van der Waals surface area contributed by atoms with E-state index < -0.39 is 11.8 Å². The Hall–Kier alpha value is -2.17. The van der Waals surface area contributed by atoms with Crippen LogP contribution >= 0.6 is 0 Å². The molecule has 0 amide bonds. The number of aliphatic hydroxyl groups excluding tert-OH is 1. The van der Waals surface area contributed by atoms with Gasteiger partial charge in [0, 0.05) is 6.20 Å². The lowest BCUT2D eigenvalue weighted by Crippen LogP contribution is -2.28. The molecule has 90 valence electrons. The molecular weight excluding hydrogens is 224 g/mol. The van der Waals surface area contributed by atoms with E-state index in [-0.39, 0.29) is 24.7 Å². The monoisotopic (exact) mass is 236 g/mol. The van der Waals surface area contributed by atoms with Crippen LogP contribution in [0.1, 0.15) is 0 Å². The summed E-state index contributed by atoms with van der Waals surface area (Å²) in [4.78, 5) is 14.8. The fourth-order valence-electron chi connectivity index (χ4n) is 1.05. The van der Waals surface area contributed by atoms with Crippen LogP contribution in [0.5, 0.6) is 0 Å². The number of nitrogen functional groups attached to an aromatic ring is 1. The molecule has 3 N–H and O–H groups in total. The molecule has 0 radical (unpaired) electrons. The van der Waals surface area contributed by atoms with Gasteiger partial charge >= 0.3 is 5.69 Å². The van der Waals surface area contributed by atoms with Gasteiger partial charge in [0.1, 0.15) is 18.7 Å². The molecule has 1 aromatic heterocycles. The molecule has 0 aliphatic heterocycles. The maximum atomic E-state index is 11.3. The Labute approximate surface area is 97.4 Å².